The number of aryl methyl sites for hydroxylation is 1. The third-order valence-electron chi connectivity index (χ3n) is 4.38. The Hall–Kier alpha value is -2.29. The van der Waals surface area contributed by atoms with E-state index in [1.54, 1.807) is 0 Å². The molecule has 23 heavy (non-hydrogen) atoms. The fraction of sp³-hybridized carbons (Fsp3) is 0.350. The van der Waals surface area contributed by atoms with Crippen LogP contribution in [0, 0.1) is 6.92 Å². The van der Waals surface area contributed by atoms with Crippen molar-refractivity contribution in [2.75, 3.05) is 6.54 Å². The van der Waals surface area contributed by atoms with Gasteiger partial charge >= 0.3 is 0 Å². The van der Waals surface area contributed by atoms with E-state index in [2.05, 4.69) is 13.8 Å². The third kappa shape index (κ3) is 3.92. The van der Waals surface area contributed by atoms with Crippen molar-refractivity contribution in [2.45, 2.75) is 39.2 Å². The monoisotopic (exact) mass is 309 g/mol. The Kier molecular flexibility index (Phi) is 4.65. The van der Waals surface area contributed by atoms with Crippen LogP contribution in [-0.2, 0) is 11.2 Å². The number of likely N-dealkylation sites (tertiary alicyclic amines) is 1. The first kappa shape index (κ1) is 15.6. The highest BCUT2D eigenvalue weighted by Crippen LogP contribution is 2.24. The molecule has 3 nitrogen and oxygen atoms in total. The first-order valence-electron chi connectivity index (χ1n) is 8.25. The van der Waals surface area contributed by atoms with Crippen LogP contribution >= 0.6 is 0 Å². The molecule has 0 spiro atoms. The van der Waals surface area contributed by atoms with E-state index in [1.807, 2.05) is 53.4 Å². The van der Waals surface area contributed by atoms with Crippen LogP contribution in [0.4, 0.5) is 0 Å². The molecular formula is C20H23NO2. The van der Waals surface area contributed by atoms with E-state index < -0.39 is 0 Å². The highest BCUT2D eigenvalue weighted by molar-refractivity contribution is 5.79. The first-order valence-corrected chi connectivity index (χ1v) is 8.25. The van der Waals surface area contributed by atoms with Gasteiger partial charge in [-0.3, -0.25) is 4.79 Å². The van der Waals surface area contributed by atoms with Gasteiger partial charge in [-0.2, -0.15) is 0 Å². The Labute approximate surface area is 137 Å². The van der Waals surface area contributed by atoms with Gasteiger partial charge < -0.3 is 9.64 Å². The number of benzene rings is 2. The van der Waals surface area contributed by atoms with Crippen molar-refractivity contribution in [3.8, 4) is 11.5 Å². The van der Waals surface area contributed by atoms with Gasteiger partial charge in [0.15, 0.2) is 0 Å². The summed E-state index contributed by atoms with van der Waals surface area (Å²) < 4.78 is 5.88. The molecule has 1 heterocycles. The Morgan fingerprint density at radius 3 is 2.65 bits per heavy atom. The molecule has 1 fully saturated rings. The summed E-state index contributed by atoms with van der Waals surface area (Å²) in [6, 6.07) is 16.1. The van der Waals surface area contributed by atoms with Crippen molar-refractivity contribution in [1.29, 1.82) is 0 Å². The van der Waals surface area contributed by atoms with Gasteiger partial charge in [0.2, 0.25) is 5.91 Å². The van der Waals surface area contributed by atoms with Crippen LogP contribution in [0.2, 0.25) is 0 Å². The van der Waals surface area contributed by atoms with E-state index in [-0.39, 0.29) is 5.91 Å². The summed E-state index contributed by atoms with van der Waals surface area (Å²) in [6.07, 6.45) is 2.67. The van der Waals surface area contributed by atoms with Gasteiger partial charge in [0.05, 0.1) is 6.42 Å². The molecule has 3 rings (SSSR count). The van der Waals surface area contributed by atoms with Crippen molar-refractivity contribution in [1.82, 2.24) is 4.90 Å². The molecule has 0 N–H and O–H groups in total. The Bertz CT molecular complexity index is 678. The van der Waals surface area contributed by atoms with E-state index in [0.717, 1.165) is 36.4 Å². The maximum absolute atomic E-state index is 12.4. The summed E-state index contributed by atoms with van der Waals surface area (Å²) in [5.74, 6) is 1.79. The second-order valence-corrected chi connectivity index (χ2v) is 6.32. The summed E-state index contributed by atoms with van der Waals surface area (Å²) in [5.41, 5.74) is 2.20. The fourth-order valence-corrected chi connectivity index (χ4v) is 3.04. The molecule has 2 aromatic rings. The number of amides is 1. The predicted molar refractivity (Wildman–Crippen MR) is 91.8 cm³/mol. The van der Waals surface area contributed by atoms with E-state index in [4.69, 9.17) is 4.74 Å². The number of rotatable bonds is 4. The van der Waals surface area contributed by atoms with Crippen LogP contribution in [-0.4, -0.2) is 23.4 Å². The normalized spacial score (nSPS) is 17.3. The summed E-state index contributed by atoms with van der Waals surface area (Å²) in [6.45, 7) is 5.07. The number of nitrogens with zero attached hydrogens (tertiary/aromatic N) is 1. The maximum atomic E-state index is 12.4. The van der Waals surface area contributed by atoms with Gasteiger partial charge in [-0.25, -0.2) is 0 Å². The third-order valence-corrected chi connectivity index (χ3v) is 4.38. The maximum Gasteiger partial charge on any atom is 0.227 e. The number of carbonyl (C=O) groups excluding carboxylic acids is 1. The zero-order valence-corrected chi connectivity index (χ0v) is 13.8. The van der Waals surface area contributed by atoms with Crippen LogP contribution < -0.4 is 4.74 Å². The van der Waals surface area contributed by atoms with E-state index in [9.17, 15) is 4.79 Å². The Balaban J connectivity index is 1.67. The van der Waals surface area contributed by atoms with Gasteiger partial charge in [0, 0.05) is 12.6 Å². The smallest absolute Gasteiger partial charge is 0.227 e. The molecule has 0 bridgehead atoms. The molecule has 1 unspecified atom stereocenters. The molecule has 1 atom stereocenters. The molecule has 3 heteroatoms. The lowest BCUT2D eigenvalue weighted by Gasteiger charge is -2.21. The quantitative estimate of drug-likeness (QED) is 0.841. The Morgan fingerprint density at radius 2 is 1.96 bits per heavy atom. The number of hydrogen-bond donors (Lipinski definition) is 0. The lowest BCUT2D eigenvalue weighted by Crippen LogP contribution is -2.34. The molecule has 1 aliphatic heterocycles. The van der Waals surface area contributed by atoms with Crippen LogP contribution in [0.1, 0.15) is 30.9 Å². The standard InChI is InChI=1S/C20H23NO2/c1-15-8-10-18(11-9-15)23-19-7-3-6-17(13-19)14-20(22)21-12-4-5-16(21)2/h3,6-11,13,16H,4-5,12,14H2,1-2H3. The van der Waals surface area contributed by atoms with Crippen molar-refractivity contribution in [2.24, 2.45) is 0 Å². The fourth-order valence-electron chi connectivity index (χ4n) is 3.04. The van der Waals surface area contributed by atoms with E-state index in [0.29, 0.717) is 12.5 Å². The molecule has 2 aromatic carbocycles. The molecular weight excluding hydrogens is 286 g/mol. The van der Waals surface area contributed by atoms with Gasteiger partial charge in [0.1, 0.15) is 11.5 Å². The Morgan fingerprint density at radius 1 is 1.17 bits per heavy atom. The topological polar surface area (TPSA) is 29.5 Å². The molecule has 0 aromatic heterocycles. The number of carbonyl (C=O) groups is 1. The number of ether oxygens (including phenoxy) is 1. The van der Waals surface area contributed by atoms with Crippen LogP contribution in [0.5, 0.6) is 11.5 Å². The van der Waals surface area contributed by atoms with Gasteiger partial charge in [-0.05, 0) is 56.5 Å². The van der Waals surface area contributed by atoms with Crippen LogP contribution in [0.15, 0.2) is 48.5 Å². The summed E-state index contributed by atoms with van der Waals surface area (Å²) >= 11 is 0. The first-order chi connectivity index (χ1) is 11.1. The predicted octanol–water partition coefficient (Wildman–Crippen LogP) is 4.34. The van der Waals surface area contributed by atoms with Crippen molar-refractivity contribution in [3.05, 3.63) is 59.7 Å². The van der Waals surface area contributed by atoms with E-state index >= 15 is 0 Å². The lowest BCUT2D eigenvalue weighted by molar-refractivity contribution is -0.130. The summed E-state index contributed by atoms with van der Waals surface area (Å²) in [7, 11) is 0. The molecule has 1 amide bonds. The van der Waals surface area contributed by atoms with Crippen molar-refractivity contribution < 1.29 is 9.53 Å². The SMILES string of the molecule is Cc1ccc(Oc2cccc(CC(=O)N3CCCC3C)c2)cc1. The largest absolute Gasteiger partial charge is 0.457 e. The average molecular weight is 309 g/mol. The van der Waals surface area contributed by atoms with Crippen molar-refractivity contribution in [3.63, 3.8) is 0 Å². The summed E-state index contributed by atoms with van der Waals surface area (Å²) in [5, 5.41) is 0. The second-order valence-electron chi connectivity index (χ2n) is 6.32. The summed E-state index contributed by atoms with van der Waals surface area (Å²) in [4.78, 5) is 14.4. The minimum Gasteiger partial charge on any atom is -0.457 e. The minimum atomic E-state index is 0.211. The van der Waals surface area contributed by atoms with Gasteiger partial charge in [0.25, 0.3) is 0 Å². The lowest BCUT2D eigenvalue weighted by atomic mass is 10.1. The number of hydrogen-bond acceptors (Lipinski definition) is 2. The zero-order chi connectivity index (χ0) is 16.2. The van der Waals surface area contributed by atoms with Crippen molar-refractivity contribution >= 4 is 5.91 Å². The molecule has 1 aliphatic rings. The van der Waals surface area contributed by atoms with Crippen LogP contribution in [0.25, 0.3) is 0 Å². The average Bonchev–Trinajstić information content (AvgIpc) is 2.96. The highest BCUT2D eigenvalue weighted by atomic mass is 16.5. The highest BCUT2D eigenvalue weighted by Gasteiger charge is 2.24. The molecule has 1 saturated heterocycles. The minimum absolute atomic E-state index is 0.211. The van der Waals surface area contributed by atoms with Gasteiger partial charge in [-0.15, -0.1) is 0 Å². The molecule has 0 saturated carbocycles. The van der Waals surface area contributed by atoms with Gasteiger partial charge in [-0.1, -0.05) is 29.8 Å². The zero-order valence-electron chi connectivity index (χ0n) is 13.8. The molecule has 0 radical (unpaired) electrons. The van der Waals surface area contributed by atoms with E-state index in [1.165, 1.54) is 5.56 Å². The molecule has 120 valence electrons. The second kappa shape index (κ2) is 6.86. The van der Waals surface area contributed by atoms with Crippen LogP contribution in [0.3, 0.4) is 0 Å². The molecule has 0 aliphatic carbocycles.